The fourth-order valence-corrected chi connectivity index (χ4v) is 2.18. The van der Waals surface area contributed by atoms with Crippen molar-refractivity contribution in [1.82, 2.24) is 0 Å². The molecule has 0 aliphatic rings. The van der Waals surface area contributed by atoms with Gasteiger partial charge in [0.25, 0.3) is 0 Å². The molecule has 0 aliphatic heterocycles. The zero-order valence-electron chi connectivity index (χ0n) is 10.8. The first-order chi connectivity index (χ1) is 9.21. The molecule has 0 aliphatic carbocycles. The lowest BCUT2D eigenvalue weighted by Gasteiger charge is -2.23. The Morgan fingerprint density at radius 3 is 2.21 bits per heavy atom. The number of hydrogen-bond donors (Lipinski definition) is 1. The number of rotatable bonds is 9. The molecule has 1 aromatic carbocycles. The molecule has 0 atom stereocenters. The van der Waals surface area contributed by atoms with E-state index in [9.17, 15) is 0 Å². The molecule has 3 nitrogen and oxygen atoms in total. The molecular weight excluding hydrogens is 285 g/mol. The van der Waals surface area contributed by atoms with E-state index < -0.39 is 0 Å². The third-order valence-corrected chi connectivity index (χ3v) is 3.17. The second kappa shape index (κ2) is 9.08. The Kier molecular flexibility index (Phi) is 7.72. The van der Waals surface area contributed by atoms with E-state index in [1.54, 1.807) is 0 Å². The van der Waals surface area contributed by atoms with E-state index in [2.05, 4.69) is 40.6 Å². The fourth-order valence-electron chi connectivity index (χ4n) is 1.78. The number of anilines is 1. The SMILES string of the molecule is C=C(CCc1ccc(N(CCCl)CCCl)cc1)OO. The lowest BCUT2D eigenvalue weighted by Crippen LogP contribution is -2.27. The normalized spacial score (nSPS) is 10.3. The van der Waals surface area contributed by atoms with E-state index in [0.717, 1.165) is 25.2 Å². The third-order valence-electron chi connectivity index (χ3n) is 2.83. The molecule has 106 valence electrons. The summed E-state index contributed by atoms with van der Waals surface area (Å²) in [5, 5.41) is 8.42. The van der Waals surface area contributed by atoms with Crippen molar-refractivity contribution < 1.29 is 10.1 Å². The summed E-state index contributed by atoms with van der Waals surface area (Å²) in [7, 11) is 0. The summed E-state index contributed by atoms with van der Waals surface area (Å²) in [5.41, 5.74) is 2.28. The maximum absolute atomic E-state index is 8.42. The molecule has 0 amide bonds. The summed E-state index contributed by atoms with van der Waals surface area (Å²) in [4.78, 5) is 6.22. The number of benzene rings is 1. The zero-order chi connectivity index (χ0) is 14.1. The van der Waals surface area contributed by atoms with E-state index in [1.807, 2.05) is 0 Å². The van der Waals surface area contributed by atoms with Crippen LogP contribution in [-0.2, 0) is 11.3 Å². The van der Waals surface area contributed by atoms with Gasteiger partial charge in [-0.05, 0) is 24.1 Å². The van der Waals surface area contributed by atoms with Crippen molar-refractivity contribution in [1.29, 1.82) is 0 Å². The van der Waals surface area contributed by atoms with Gasteiger partial charge >= 0.3 is 0 Å². The first-order valence-corrected chi connectivity index (χ1v) is 7.23. The number of hydrogen-bond acceptors (Lipinski definition) is 3. The van der Waals surface area contributed by atoms with Gasteiger partial charge in [-0.25, -0.2) is 5.26 Å². The van der Waals surface area contributed by atoms with Crippen LogP contribution in [-0.4, -0.2) is 30.1 Å². The molecule has 0 saturated heterocycles. The number of aryl methyl sites for hydroxylation is 1. The average molecular weight is 304 g/mol. The lowest BCUT2D eigenvalue weighted by molar-refractivity contribution is -0.205. The Hall–Kier alpha value is -0.900. The highest BCUT2D eigenvalue weighted by Crippen LogP contribution is 2.17. The molecule has 1 rings (SSSR count). The summed E-state index contributed by atoms with van der Waals surface area (Å²) in [5.74, 6) is 1.52. The van der Waals surface area contributed by atoms with Crippen LogP contribution < -0.4 is 4.90 Å². The van der Waals surface area contributed by atoms with Crippen LogP contribution in [0, 0.1) is 0 Å². The maximum atomic E-state index is 8.42. The molecule has 1 aromatic rings. The van der Waals surface area contributed by atoms with Crippen LogP contribution in [0.15, 0.2) is 36.6 Å². The van der Waals surface area contributed by atoms with Gasteiger partial charge in [-0.1, -0.05) is 18.7 Å². The van der Waals surface area contributed by atoms with Gasteiger partial charge in [-0.2, -0.15) is 0 Å². The van der Waals surface area contributed by atoms with Crippen molar-refractivity contribution in [3.63, 3.8) is 0 Å². The van der Waals surface area contributed by atoms with Crippen LogP contribution in [0.2, 0.25) is 0 Å². The second-order valence-electron chi connectivity index (χ2n) is 4.16. The maximum Gasteiger partial charge on any atom is 0.135 e. The van der Waals surface area contributed by atoms with Crippen molar-refractivity contribution >= 4 is 28.9 Å². The van der Waals surface area contributed by atoms with E-state index >= 15 is 0 Å². The molecule has 0 aromatic heterocycles. The van der Waals surface area contributed by atoms with Crippen LogP contribution in [0.3, 0.4) is 0 Å². The molecule has 0 saturated carbocycles. The van der Waals surface area contributed by atoms with Gasteiger partial charge in [-0.15, -0.1) is 23.2 Å². The predicted molar refractivity (Wildman–Crippen MR) is 81.3 cm³/mol. The van der Waals surface area contributed by atoms with Crippen LogP contribution in [0.25, 0.3) is 0 Å². The van der Waals surface area contributed by atoms with Crippen LogP contribution in [0.5, 0.6) is 0 Å². The smallest absolute Gasteiger partial charge is 0.135 e. The quantitative estimate of drug-likeness (QED) is 0.325. The van der Waals surface area contributed by atoms with Crippen molar-refractivity contribution in [2.45, 2.75) is 12.8 Å². The topological polar surface area (TPSA) is 32.7 Å². The largest absolute Gasteiger partial charge is 0.369 e. The molecule has 1 N–H and O–H groups in total. The first-order valence-electron chi connectivity index (χ1n) is 6.16. The molecule has 0 radical (unpaired) electrons. The standard InChI is InChI=1S/C14H19Cl2NO2/c1-12(19-18)2-3-13-4-6-14(7-5-13)17(10-8-15)11-9-16/h4-7,18H,1-3,8-11H2. The Bertz CT molecular complexity index is 376. The number of nitrogens with zero attached hydrogens (tertiary/aromatic N) is 1. The Balaban J connectivity index is 2.60. The van der Waals surface area contributed by atoms with Crippen LogP contribution in [0.4, 0.5) is 5.69 Å². The molecule has 19 heavy (non-hydrogen) atoms. The lowest BCUT2D eigenvalue weighted by atomic mass is 10.1. The molecule has 0 spiro atoms. The summed E-state index contributed by atoms with van der Waals surface area (Å²) in [6.07, 6.45) is 1.38. The predicted octanol–water partition coefficient (Wildman–Crippen LogP) is 3.91. The minimum Gasteiger partial charge on any atom is -0.369 e. The van der Waals surface area contributed by atoms with Crippen LogP contribution >= 0.6 is 23.2 Å². The highest BCUT2D eigenvalue weighted by molar-refractivity contribution is 6.18. The van der Waals surface area contributed by atoms with E-state index in [-0.39, 0.29) is 0 Å². The van der Waals surface area contributed by atoms with Crippen molar-refractivity contribution in [2.75, 3.05) is 29.7 Å². The number of halogens is 2. The van der Waals surface area contributed by atoms with Gasteiger partial charge < -0.3 is 9.79 Å². The summed E-state index contributed by atoms with van der Waals surface area (Å²) in [6.45, 7) is 5.13. The van der Waals surface area contributed by atoms with Crippen molar-refractivity contribution in [2.24, 2.45) is 0 Å². The zero-order valence-corrected chi connectivity index (χ0v) is 12.3. The van der Waals surface area contributed by atoms with Gasteiger partial charge in [0, 0.05) is 37.0 Å². The molecule has 0 unspecified atom stereocenters. The average Bonchev–Trinajstić information content (AvgIpc) is 2.45. The summed E-state index contributed by atoms with van der Waals surface area (Å²) >= 11 is 11.6. The van der Waals surface area contributed by atoms with Crippen LogP contribution in [0.1, 0.15) is 12.0 Å². The highest BCUT2D eigenvalue weighted by Gasteiger charge is 2.05. The van der Waals surface area contributed by atoms with E-state index in [1.165, 1.54) is 5.56 Å². The third kappa shape index (κ3) is 5.72. The molecule has 5 heteroatoms. The van der Waals surface area contributed by atoms with Gasteiger partial charge in [0.15, 0.2) is 0 Å². The molecular formula is C14H19Cl2NO2. The van der Waals surface area contributed by atoms with E-state index in [0.29, 0.717) is 23.9 Å². The van der Waals surface area contributed by atoms with Crippen molar-refractivity contribution in [3.05, 3.63) is 42.2 Å². The molecule has 0 bridgehead atoms. The monoisotopic (exact) mass is 303 g/mol. The van der Waals surface area contributed by atoms with Crippen molar-refractivity contribution in [3.8, 4) is 0 Å². The second-order valence-corrected chi connectivity index (χ2v) is 4.92. The number of allylic oxidation sites excluding steroid dienone is 1. The van der Waals surface area contributed by atoms with Gasteiger partial charge in [-0.3, -0.25) is 0 Å². The highest BCUT2D eigenvalue weighted by atomic mass is 35.5. The fraction of sp³-hybridized carbons (Fsp3) is 0.429. The summed E-state index contributed by atoms with van der Waals surface area (Å²) in [6, 6.07) is 8.21. The first kappa shape index (κ1) is 16.2. The minimum atomic E-state index is 0.370. The summed E-state index contributed by atoms with van der Waals surface area (Å²) < 4.78 is 0. The molecule has 0 heterocycles. The van der Waals surface area contributed by atoms with Gasteiger partial charge in [0.05, 0.1) is 0 Å². The van der Waals surface area contributed by atoms with E-state index in [4.69, 9.17) is 28.5 Å². The van der Waals surface area contributed by atoms with Gasteiger partial charge in [0.2, 0.25) is 0 Å². The Labute approximate surface area is 124 Å². The Morgan fingerprint density at radius 1 is 1.16 bits per heavy atom. The Morgan fingerprint density at radius 2 is 1.74 bits per heavy atom. The van der Waals surface area contributed by atoms with Gasteiger partial charge in [0.1, 0.15) is 5.76 Å². The number of alkyl halides is 2. The minimum absolute atomic E-state index is 0.370. The molecule has 0 fully saturated rings.